The number of fused-ring (bicyclic) bond motifs is 1. The van der Waals surface area contributed by atoms with Crippen molar-refractivity contribution in [2.24, 2.45) is 18.9 Å². The highest BCUT2D eigenvalue weighted by molar-refractivity contribution is 6.33. The van der Waals surface area contributed by atoms with E-state index in [9.17, 15) is 4.39 Å². The number of rotatable bonds is 3. The predicted molar refractivity (Wildman–Crippen MR) is 97.1 cm³/mol. The Labute approximate surface area is 159 Å². The number of tetrazole rings is 1. The van der Waals surface area contributed by atoms with Crippen molar-refractivity contribution in [2.45, 2.75) is 0 Å². The van der Waals surface area contributed by atoms with Crippen LogP contribution >= 0.6 is 11.6 Å². The van der Waals surface area contributed by atoms with Crippen LogP contribution in [0, 0.1) is 17.7 Å². The molecule has 2 aliphatic rings. The van der Waals surface area contributed by atoms with Crippen molar-refractivity contribution >= 4 is 23.1 Å². The first kappa shape index (κ1) is 16.5. The number of aryl methyl sites for hydroxylation is 1. The van der Waals surface area contributed by atoms with Crippen LogP contribution in [0.25, 0.3) is 11.6 Å². The van der Waals surface area contributed by atoms with Crippen molar-refractivity contribution in [2.75, 3.05) is 36.0 Å². The number of hydrogen-bond acceptors (Lipinski definition) is 7. The van der Waals surface area contributed by atoms with Gasteiger partial charge in [-0.05, 0) is 23.4 Å². The van der Waals surface area contributed by atoms with Gasteiger partial charge in [-0.1, -0.05) is 16.8 Å². The fourth-order valence-corrected chi connectivity index (χ4v) is 4.25. The average Bonchev–Trinajstić information content (AvgIpc) is 3.38. The van der Waals surface area contributed by atoms with Gasteiger partial charge in [0.15, 0.2) is 5.82 Å². The molecule has 2 fully saturated rings. The summed E-state index contributed by atoms with van der Waals surface area (Å²) >= 11 is 6.26. The van der Waals surface area contributed by atoms with Gasteiger partial charge in [0.25, 0.3) is 0 Å². The number of nitrogens with zero attached hydrogens (tertiary/aromatic N) is 7. The largest absolute Gasteiger partial charge is 0.370 e. The monoisotopic (exact) mass is 389 g/mol. The van der Waals surface area contributed by atoms with E-state index >= 15 is 0 Å². The van der Waals surface area contributed by atoms with Crippen LogP contribution in [0.4, 0.5) is 15.9 Å². The molecule has 2 saturated heterocycles. The molecule has 10 heteroatoms. The highest BCUT2D eigenvalue weighted by Gasteiger charge is 2.41. The third-order valence-corrected chi connectivity index (χ3v) is 5.61. The van der Waals surface area contributed by atoms with E-state index in [0.717, 1.165) is 37.7 Å². The van der Waals surface area contributed by atoms with E-state index in [1.165, 1.54) is 16.9 Å². The zero-order chi connectivity index (χ0) is 18.5. The molecule has 0 radical (unpaired) electrons. The molecule has 140 valence electrons. The zero-order valence-corrected chi connectivity index (χ0v) is 15.3. The Morgan fingerprint density at radius 1 is 1.11 bits per heavy atom. The maximum Gasteiger partial charge on any atom is 0.242 e. The summed E-state index contributed by atoms with van der Waals surface area (Å²) in [5.74, 6) is 2.38. The minimum absolute atomic E-state index is 0.263. The van der Waals surface area contributed by atoms with Crippen LogP contribution in [-0.2, 0) is 7.05 Å². The Balaban J connectivity index is 1.29. The molecule has 0 bridgehead atoms. The lowest BCUT2D eigenvalue weighted by Crippen LogP contribution is -2.29. The minimum atomic E-state index is -0.263. The number of aromatic nitrogens is 5. The summed E-state index contributed by atoms with van der Waals surface area (Å²) in [5, 5.41) is 16.6. The molecule has 8 nitrogen and oxygen atoms in total. The smallest absolute Gasteiger partial charge is 0.242 e. The molecule has 1 aromatic carbocycles. The second-order valence-corrected chi connectivity index (χ2v) is 7.48. The Morgan fingerprint density at radius 2 is 1.85 bits per heavy atom. The van der Waals surface area contributed by atoms with Gasteiger partial charge in [-0.2, -0.15) is 4.80 Å². The summed E-state index contributed by atoms with van der Waals surface area (Å²) < 4.78 is 19.0. The molecule has 3 aromatic rings. The van der Waals surface area contributed by atoms with Crippen molar-refractivity contribution in [1.29, 1.82) is 0 Å². The average molecular weight is 390 g/mol. The van der Waals surface area contributed by atoms with Crippen LogP contribution in [0.3, 0.4) is 0 Å². The van der Waals surface area contributed by atoms with Crippen molar-refractivity contribution in [3.63, 3.8) is 0 Å². The SMILES string of the molecule is Cn1nnc(-c2cc(N3CC4CN(c5cc(F)ccc5Cl)CC4C3)no2)n1. The first-order valence-corrected chi connectivity index (χ1v) is 9.10. The topological polar surface area (TPSA) is 76.1 Å². The third-order valence-electron chi connectivity index (χ3n) is 5.29. The molecule has 0 saturated carbocycles. The quantitative estimate of drug-likeness (QED) is 0.679. The van der Waals surface area contributed by atoms with Crippen LogP contribution in [0.15, 0.2) is 28.8 Å². The Kier molecular flexibility index (Phi) is 3.78. The zero-order valence-electron chi connectivity index (χ0n) is 14.6. The Morgan fingerprint density at radius 3 is 2.56 bits per heavy atom. The van der Waals surface area contributed by atoms with Crippen LogP contribution in [0.5, 0.6) is 0 Å². The van der Waals surface area contributed by atoms with Crippen molar-refractivity contribution < 1.29 is 8.91 Å². The van der Waals surface area contributed by atoms with E-state index in [-0.39, 0.29) is 5.82 Å². The van der Waals surface area contributed by atoms with Crippen LogP contribution in [-0.4, -0.2) is 51.5 Å². The second-order valence-electron chi connectivity index (χ2n) is 7.08. The van der Waals surface area contributed by atoms with Crippen molar-refractivity contribution in [3.05, 3.63) is 35.1 Å². The molecule has 0 N–H and O–H groups in total. The molecule has 0 amide bonds. The van der Waals surface area contributed by atoms with Crippen LogP contribution < -0.4 is 9.80 Å². The van der Waals surface area contributed by atoms with E-state index in [1.54, 1.807) is 13.1 Å². The van der Waals surface area contributed by atoms with Gasteiger partial charge in [-0.15, -0.1) is 10.2 Å². The number of benzene rings is 1. The molecule has 5 rings (SSSR count). The van der Waals surface area contributed by atoms with E-state index in [1.807, 2.05) is 6.07 Å². The van der Waals surface area contributed by atoms with Gasteiger partial charge in [-0.25, -0.2) is 4.39 Å². The molecule has 27 heavy (non-hydrogen) atoms. The number of hydrogen-bond donors (Lipinski definition) is 0. The highest BCUT2D eigenvalue weighted by atomic mass is 35.5. The maximum absolute atomic E-state index is 13.6. The van der Waals surface area contributed by atoms with Crippen molar-refractivity contribution in [3.8, 4) is 11.6 Å². The summed E-state index contributed by atoms with van der Waals surface area (Å²) in [5.41, 5.74) is 0.773. The van der Waals surface area contributed by atoms with Gasteiger partial charge in [0.05, 0.1) is 17.8 Å². The van der Waals surface area contributed by atoms with Crippen LogP contribution in [0.2, 0.25) is 5.02 Å². The maximum atomic E-state index is 13.6. The minimum Gasteiger partial charge on any atom is -0.370 e. The molecule has 2 aliphatic heterocycles. The van der Waals surface area contributed by atoms with Gasteiger partial charge in [0.1, 0.15) is 5.82 Å². The molecule has 4 heterocycles. The summed E-state index contributed by atoms with van der Waals surface area (Å²) in [6.07, 6.45) is 0. The number of halogens is 2. The molecular formula is C17H17ClFN7O. The summed E-state index contributed by atoms with van der Waals surface area (Å²) in [7, 11) is 1.70. The summed E-state index contributed by atoms with van der Waals surface area (Å²) in [6, 6.07) is 6.36. The lowest BCUT2D eigenvalue weighted by atomic mass is 10.0. The van der Waals surface area contributed by atoms with Gasteiger partial charge in [0, 0.05) is 44.1 Å². The van der Waals surface area contributed by atoms with Gasteiger partial charge < -0.3 is 14.3 Å². The lowest BCUT2D eigenvalue weighted by molar-refractivity contribution is 0.429. The standard InChI is InChI=1S/C17H17ClFN7O/c1-24-21-17(20-23-24)15-5-16(22-27-15)26-8-10-6-25(7-11(10)9-26)14-4-12(19)2-3-13(14)18/h2-5,10-11H,6-9H2,1H3. The normalized spacial score (nSPS) is 21.9. The first-order chi connectivity index (χ1) is 13.1. The first-order valence-electron chi connectivity index (χ1n) is 8.73. The van der Waals surface area contributed by atoms with E-state index in [4.69, 9.17) is 16.1 Å². The molecule has 2 unspecified atom stereocenters. The van der Waals surface area contributed by atoms with E-state index in [2.05, 4.69) is 30.4 Å². The number of anilines is 2. The van der Waals surface area contributed by atoms with Gasteiger partial charge >= 0.3 is 0 Å². The second kappa shape index (κ2) is 6.19. The van der Waals surface area contributed by atoms with E-state index in [0.29, 0.717) is 28.4 Å². The summed E-state index contributed by atoms with van der Waals surface area (Å²) in [4.78, 5) is 5.77. The van der Waals surface area contributed by atoms with E-state index < -0.39 is 0 Å². The van der Waals surface area contributed by atoms with Gasteiger partial charge in [0.2, 0.25) is 11.6 Å². The molecule has 2 aromatic heterocycles. The third kappa shape index (κ3) is 2.91. The molecule has 0 spiro atoms. The molecule has 2 atom stereocenters. The molecular weight excluding hydrogens is 373 g/mol. The van der Waals surface area contributed by atoms with Crippen LogP contribution in [0.1, 0.15) is 0 Å². The summed E-state index contributed by atoms with van der Waals surface area (Å²) in [6.45, 7) is 3.43. The lowest BCUT2D eigenvalue weighted by Gasteiger charge is -2.23. The van der Waals surface area contributed by atoms with Crippen molar-refractivity contribution in [1.82, 2.24) is 25.4 Å². The Hall–Kier alpha value is -2.68. The van der Waals surface area contributed by atoms with Gasteiger partial charge in [-0.3, -0.25) is 0 Å². The fourth-order valence-electron chi connectivity index (χ4n) is 4.01. The fraction of sp³-hybridized carbons (Fsp3) is 0.412. The highest BCUT2D eigenvalue weighted by Crippen LogP contribution is 2.38. The molecule has 0 aliphatic carbocycles. The Bertz CT molecular complexity index is 975. The predicted octanol–water partition coefficient (Wildman–Crippen LogP) is 2.23.